The van der Waals surface area contributed by atoms with Gasteiger partial charge in [0.25, 0.3) is 0 Å². The summed E-state index contributed by atoms with van der Waals surface area (Å²) < 4.78 is 11.6. The summed E-state index contributed by atoms with van der Waals surface area (Å²) in [6, 6.07) is 19.4. The monoisotopic (exact) mass is 595 g/mol. The van der Waals surface area contributed by atoms with E-state index in [-0.39, 0.29) is 12.0 Å². The van der Waals surface area contributed by atoms with Gasteiger partial charge in [0.1, 0.15) is 37.0 Å². The molecular formula is C33H37N7O4. The van der Waals surface area contributed by atoms with E-state index in [9.17, 15) is 10.1 Å². The van der Waals surface area contributed by atoms with Crippen LogP contribution in [0, 0.1) is 11.3 Å². The second-order valence-electron chi connectivity index (χ2n) is 11.8. The van der Waals surface area contributed by atoms with Crippen molar-refractivity contribution in [1.29, 1.82) is 5.26 Å². The molecule has 2 aromatic carbocycles. The molecule has 3 N–H and O–H groups in total. The van der Waals surface area contributed by atoms with Crippen LogP contribution in [0.25, 0.3) is 11.3 Å². The van der Waals surface area contributed by atoms with Crippen LogP contribution in [0.1, 0.15) is 29.5 Å². The molecule has 3 aromatic rings. The summed E-state index contributed by atoms with van der Waals surface area (Å²) >= 11 is 0. The van der Waals surface area contributed by atoms with Gasteiger partial charge in [0.2, 0.25) is 5.91 Å². The van der Waals surface area contributed by atoms with Gasteiger partial charge >= 0.3 is 0 Å². The van der Waals surface area contributed by atoms with Gasteiger partial charge in [0.15, 0.2) is 0 Å². The molecule has 44 heavy (non-hydrogen) atoms. The van der Waals surface area contributed by atoms with Crippen LogP contribution in [0.5, 0.6) is 5.75 Å². The number of nitrogens with one attached hydrogen (secondary N) is 2. The van der Waals surface area contributed by atoms with Gasteiger partial charge in [-0.3, -0.25) is 14.7 Å². The van der Waals surface area contributed by atoms with Gasteiger partial charge in [-0.15, -0.1) is 0 Å². The zero-order valence-corrected chi connectivity index (χ0v) is 24.7. The maximum Gasteiger partial charge on any atom is 0.248 e. The first-order chi connectivity index (χ1) is 21.6. The molecule has 0 aliphatic carbocycles. The Morgan fingerprint density at radius 2 is 1.77 bits per heavy atom. The summed E-state index contributed by atoms with van der Waals surface area (Å²) in [4.78, 5) is 26.7. The largest absolute Gasteiger partial charge is 0.489 e. The standard InChI is InChI=1S/C33H37N7O4/c34-17-24-15-23(3-6-30(24)44-27-7-9-40(10-8-27)31(42)18-41)32-28-16-29(37-33(28)36-21-35-32)22-1-4-25(5-2-22)38-11-13-39(14-12-38)26-19-43-20-26/h1-6,15-16,26-27,36-37,41H,7-14,18-21H2. The van der Waals surface area contributed by atoms with Crippen LogP contribution in [0.2, 0.25) is 0 Å². The lowest BCUT2D eigenvalue weighted by molar-refractivity contribution is -0.135. The van der Waals surface area contributed by atoms with E-state index in [0.717, 1.165) is 73.3 Å². The molecule has 0 unspecified atom stereocenters. The van der Waals surface area contributed by atoms with Crippen LogP contribution < -0.4 is 15.0 Å². The number of nitriles is 1. The van der Waals surface area contributed by atoms with Gasteiger partial charge in [-0.25, -0.2) is 0 Å². The quantitative estimate of drug-likeness (QED) is 0.380. The fourth-order valence-electron chi connectivity index (χ4n) is 6.47. The molecule has 3 saturated heterocycles. The number of rotatable bonds is 7. The first-order valence-corrected chi connectivity index (χ1v) is 15.4. The number of ether oxygens (including phenoxy) is 2. The highest BCUT2D eigenvalue weighted by molar-refractivity contribution is 6.17. The highest BCUT2D eigenvalue weighted by atomic mass is 16.5. The molecule has 0 spiro atoms. The third kappa shape index (κ3) is 5.64. The number of fused-ring (bicyclic) bond motifs is 1. The van der Waals surface area contributed by atoms with Crippen molar-refractivity contribution in [1.82, 2.24) is 14.8 Å². The molecule has 3 fully saturated rings. The Bertz CT molecular complexity index is 1570. The van der Waals surface area contributed by atoms with Gasteiger partial charge in [0, 0.05) is 74.6 Å². The number of hydrogen-bond donors (Lipinski definition) is 3. The van der Waals surface area contributed by atoms with Crippen LogP contribution in [-0.2, 0) is 9.53 Å². The second-order valence-corrected chi connectivity index (χ2v) is 11.8. The maximum atomic E-state index is 11.8. The highest BCUT2D eigenvalue weighted by Crippen LogP contribution is 2.32. The van der Waals surface area contributed by atoms with Crippen molar-refractivity contribution >= 4 is 23.1 Å². The van der Waals surface area contributed by atoms with Gasteiger partial charge in [0.05, 0.1) is 30.5 Å². The minimum Gasteiger partial charge on any atom is -0.489 e. The van der Waals surface area contributed by atoms with E-state index < -0.39 is 6.61 Å². The number of nitrogens with zero attached hydrogens (tertiary/aromatic N) is 5. The number of aliphatic hydroxyl groups excluding tert-OH is 1. The van der Waals surface area contributed by atoms with E-state index in [2.05, 4.69) is 56.5 Å². The molecular weight excluding hydrogens is 558 g/mol. The number of anilines is 2. The lowest BCUT2D eigenvalue weighted by Crippen LogP contribution is -2.56. The van der Waals surface area contributed by atoms with Gasteiger partial charge in [-0.2, -0.15) is 5.26 Å². The van der Waals surface area contributed by atoms with Crippen molar-refractivity contribution in [2.24, 2.45) is 4.99 Å². The van der Waals surface area contributed by atoms with Crippen molar-refractivity contribution in [2.75, 3.05) is 76.0 Å². The minimum absolute atomic E-state index is 0.0934. The lowest BCUT2D eigenvalue weighted by Gasteiger charge is -2.43. The van der Waals surface area contributed by atoms with Crippen molar-refractivity contribution in [3.8, 4) is 23.1 Å². The van der Waals surface area contributed by atoms with Gasteiger partial charge in [-0.05, 0) is 42.0 Å². The SMILES string of the molecule is N#Cc1cc(C2=NCNc3[nH]c(-c4ccc(N5CCN(C6COC6)CC5)cc4)cc32)ccc1OC1CCN(C(=O)CO)CC1. The topological polar surface area (TPSA) is 129 Å². The molecule has 4 aliphatic rings. The van der Waals surface area contributed by atoms with Gasteiger partial charge in [-0.1, -0.05) is 12.1 Å². The van der Waals surface area contributed by atoms with E-state index in [1.807, 2.05) is 18.2 Å². The second kappa shape index (κ2) is 12.3. The predicted molar refractivity (Wildman–Crippen MR) is 167 cm³/mol. The summed E-state index contributed by atoms with van der Waals surface area (Å²) in [6.07, 6.45) is 1.21. The zero-order chi connectivity index (χ0) is 30.0. The molecule has 11 heteroatoms. The molecule has 1 amide bonds. The summed E-state index contributed by atoms with van der Waals surface area (Å²) in [5.74, 6) is 1.18. The molecule has 1 aromatic heterocycles. The average molecular weight is 596 g/mol. The number of carbonyl (C=O) groups excluding carboxylic acids is 1. The first-order valence-electron chi connectivity index (χ1n) is 15.4. The van der Waals surface area contributed by atoms with E-state index >= 15 is 0 Å². The Morgan fingerprint density at radius 3 is 2.45 bits per heavy atom. The number of aromatic amines is 1. The molecule has 228 valence electrons. The minimum atomic E-state index is -0.475. The van der Waals surface area contributed by atoms with Crippen LogP contribution in [0.3, 0.4) is 0 Å². The smallest absolute Gasteiger partial charge is 0.248 e. The Morgan fingerprint density at radius 1 is 1.02 bits per heavy atom. The number of aliphatic hydroxyl groups is 1. The number of benzene rings is 2. The summed E-state index contributed by atoms with van der Waals surface area (Å²) in [5.41, 5.74) is 6.44. The van der Waals surface area contributed by atoms with Crippen LogP contribution in [-0.4, -0.2) is 109 Å². The molecule has 11 nitrogen and oxygen atoms in total. The van der Waals surface area contributed by atoms with E-state index in [4.69, 9.17) is 19.6 Å². The highest BCUT2D eigenvalue weighted by Gasteiger charge is 2.29. The summed E-state index contributed by atoms with van der Waals surface area (Å²) in [7, 11) is 0. The van der Waals surface area contributed by atoms with E-state index in [0.29, 0.717) is 50.0 Å². The molecule has 0 bridgehead atoms. The van der Waals surface area contributed by atoms with E-state index in [1.54, 1.807) is 4.90 Å². The fraction of sp³-hybridized carbons (Fsp3) is 0.424. The predicted octanol–water partition coefficient (Wildman–Crippen LogP) is 2.66. The molecule has 5 heterocycles. The fourth-order valence-corrected chi connectivity index (χ4v) is 6.47. The molecule has 0 atom stereocenters. The number of hydrogen-bond acceptors (Lipinski definition) is 9. The number of aliphatic imine (C=N–C) groups is 1. The van der Waals surface area contributed by atoms with Crippen molar-refractivity contribution < 1.29 is 19.4 Å². The van der Waals surface area contributed by atoms with E-state index in [1.165, 1.54) is 5.69 Å². The number of carbonyl (C=O) groups is 1. The molecule has 7 rings (SSSR count). The normalized spacial score (nSPS) is 19.4. The number of piperidine rings is 1. The number of amides is 1. The van der Waals surface area contributed by atoms with Crippen LogP contribution in [0.15, 0.2) is 53.5 Å². The first kappa shape index (κ1) is 28.4. The number of H-pyrrole nitrogens is 1. The summed E-state index contributed by atoms with van der Waals surface area (Å²) in [5, 5.41) is 22.4. The lowest BCUT2D eigenvalue weighted by atomic mass is 9.99. The zero-order valence-electron chi connectivity index (χ0n) is 24.7. The number of piperazine rings is 1. The van der Waals surface area contributed by atoms with Gasteiger partial charge < -0.3 is 34.7 Å². The van der Waals surface area contributed by atoms with Crippen molar-refractivity contribution in [3.05, 3.63) is 65.2 Å². The summed E-state index contributed by atoms with van der Waals surface area (Å²) in [6.45, 7) is 6.94. The van der Waals surface area contributed by atoms with Crippen molar-refractivity contribution in [2.45, 2.75) is 25.0 Å². The third-order valence-corrected chi connectivity index (χ3v) is 9.16. The number of aromatic nitrogens is 1. The van der Waals surface area contributed by atoms with Crippen LogP contribution in [0.4, 0.5) is 11.5 Å². The van der Waals surface area contributed by atoms with Crippen LogP contribution >= 0.6 is 0 Å². The molecule has 0 radical (unpaired) electrons. The Labute approximate surface area is 256 Å². The van der Waals surface area contributed by atoms with Crippen molar-refractivity contribution in [3.63, 3.8) is 0 Å². The Balaban J connectivity index is 1.03. The Hall–Kier alpha value is -4.37. The Kier molecular flexibility index (Phi) is 7.95. The average Bonchev–Trinajstić information content (AvgIpc) is 3.49. The maximum absolute atomic E-state index is 11.8. The number of likely N-dealkylation sites (tertiary alicyclic amines) is 1. The molecule has 4 aliphatic heterocycles. The third-order valence-electron chi connectivity index (χ3n) is 9.16. The molecule has 0 saturated carbocycles.